The van der Waals surface area contributed by atoms with E-state index in [1.54, 1.807) is 25.3 Å². The lowest BCUT2D eigenvalue weighted by Gasteiger charge is -2.14. The predicted molar refractivity (Wildman–Crippen MR) is 87.8 cm³/mol. The lowest BCUT2D eigenvalue weighted by Crippen LogP contribution is -2.14. The first-order chi connectivity index (χ1) is 10.6. The SMILES string of the molecule is CCCCCCOc1ccc(C(=O)OC(C)CC)cc1OC. The third-order valence-corrected chi connectivity index (χ3v) is 3.54. The molecule has 1 atom stereocenters. The number of methoxy groups -OCH3 is 1. The minimum Gasteiger partial charge on any atom is -0.493 e. The summed E-state index contributed by atoms with van der Waals surface area (Å²) < 4.78 is 16.4. The molecule has 0 radical (unpaired) electrons. The van der Waals surface area contributed by atoms with Crippen molar-refractivity contribution in [2.75, 3.05) is 13.7 Å². The molecule has 0 aliphatic heterocycles. The Morgan fingerprint density at radius 3 is 2.55 bits per heavy atom. The van der Waals surface area contributed by atoms with Gasteiger partial charge in [-0.25, -0.2) is 4.79 Å². The number of hydrogen-bond donors (Lipinski definition) is 0. The Morgan fingerprint density at radius 2 is 1.91 bits per heavy atom. The molecule has 0 bridgehead atoms. The zero-order valence-corrected chi connectivity index (χ0v) is 14.2. The number of ether oxygens (including phenoxy) is 3. The van der Waals surface area contributed by atoms with Crippen molar-refractivity contribution in [2.45, 2.75) is 59.0 Å². The zero-order valence-electron chi connectivity index (χ0n) is 14.2. The fraction of sp³-hybridized carbons (Fsp3) is 0.611. The fourth-order valence-electron chi connectivity index (χ4n) is 1.96. The van der Waals surface area contributed by atoms with Gasteiger partial charge in [-0.1, -0.05) is 33.1 Å². The minimum atomic E-state index is -0.331. The number of hydrogen-bond acceptors (Lipinski definition) is 4. The summed E-state index contributed by atoms with van der Waals surface area (Å²) in [5, 5.41) is 0. The van der Waals surface area contributed by atoms with E-state index in [4.69, 9.17) is 14.2 Å². The molecule has 0 heterocycles. The van der Waals surface area contributed by atoms with Crippen molar-refractivity contribution in [2.24, 2.45) is 0 Å². The van der Waals surface area contributed by atoms with E-state index in [2.05, 4.69) is 6.92 Å². The third-order valence-electron chi connectivity index (χ3n) is 3.54. The summed E-state index contributed by atoms with van der Waals surface area (Å²) in [7, 11) is 1.57. The molecular weight excluding hydrogens is 280 g/mol. The molecule has 0 aromatic heterocycles. The summed E-state index contributed by atoms with van der Waals surface area (Å²) in [6.07, 6.45) is 5.32. The summed E-state index contributed by atoms with van der Waals surface area (Å²) in [5.41, 5.74) is 0.482. The normalized spacial score (nSPS) is 11.8. The van der Waals surface area contributed by atoms with Gasteiger partial charge in [0.05, 0.1) is 25.4 Å². The Hall–Kier alpha value is -1.71. The van der Waals surface area contributed by atoms with Crippen LogP contribution in [0, 0.1) is 0 Å². The molecule has 0 spiro atoms. The van der Waals surface area contributed by atoms with E-state index in [9.17, 15) is 4.79 Å². The highest BCUT2D eigenvalue weighted by molar-refractivity contribution is 5.90. The quantitative estimate of drug-likeness (QED) is 0.468. The van der Waals surface area contributed by atoms with Crippen molar-refractivity contribution in [1.82, 2.24) is 0 Å². The number of rotatable bonds is 10. The molecule has 1 unspecified atom stereocenters. The summed E-state index contributed by atoms with van der Waals surface area (Å²) in [6, 6.07) is 5.16. The number of benzene rings is 1. The Bertz CT molecular complexity index is 456. The van der Waals surface area contributed by atoms with Crippen LogP contribution in [0.3, 0.4) is 0 Å². The molecule has 0 amide bonds. The largest absolute Gasteiger partial charge is 0.493 e. The van der Waals surface area contributed by atoms with Gasteiger partial charge in [0.2, 0.25) is 0 Å². The van der Waals surface area contributed by atoms with Gasteiger partial charge in [0.25, 0.3) is 0 Å². The van der Waals surface area contributed by atoms with Gasteiger partial charge in [-0.3, -0.25) is 0 Å². The van der Waals surface area contributed by atoms with Gasteiger partial charge in [-0.15, -0.1) is 0 Å². The highest BCUT2D eigenvalue weighted by atomic mass is 16.5. The summed E-state index contributed by atoms with van der Waals surface area (Å²) in [5.74, 6) is 0.898. The van der Waals surface area contributed by atoms with Crippen molar-refractivity contribution < 1.29 is 19.0 Å². The molecule has 1 aromatic carbocycles. The predicted octanol–water partition coefficient (Wildman–Crippen LogP) is 4.61. The summed E-state index contributed by atoms with van der Waals surface area (Å²) in [4.78, 5) is 12.0. The molecule has 4 nitrogen and oxygen atoms in total. The van der Waals surface area contributed by atoms with Gasteiger partial charge in [0.1, 0.15) is 0 Å². The fourth-order valence-corrected chi connectivity index (χ4v) is 1.96. The molecule has 22 heavy (non-hydrogen) atoms. The van der Waals surface area contributed by atoms with Gasteiger partial charge in [-0.05, 0) is 38.0 Å². The first-order valence-corrected chi connectivity index (χ1v) is 8.14. The van der Waals surface area contributed by atoms with Crippen molar-refractivity contribution in [3.8, 4) is 11.5 Å². The van der Waals surface area contributed by atoms with Crippen LogP contribution in [0.4, 0.5) is 0 Å². The molecule has 0 saturated carbocycles. The third kappa shape index (κ3) is 5.96. The monoisotopic (exact) mass is 308 g/mol. The average molecular weight is 308 g/mol. The van der Waals surface area contributed by atoms with Crippen molar-refractivity contribution in [3.05, 3.63) is 23.8 Å². The van der Waals surface area contributed by atoms with E-state index >= 15 is 0 Å². The molecule has 124 valence electrons. The Labute approximate surface area is 133 Å². The van der Waals surface area contributed by atoms with E-state index in [1.807, 2.05) is 13.8 Å². The van der Waals surface area contributed by atoms with Crippen molar-refractivity contribution in [1.29, 1.82) is 0 Å². The van der Waals surface area contributed by atoms with Crippen LogP contribution in [0.25, 0.3) is 0 Å². The molecule has 4 heteroatoms. The maximum absolute atomic E-state index is 12.0. The Balaban J connectivity index is 2.64. The number of unbranched alkanes of at least 4 members (excludes halogenated alkanes) is 3. The molecule has 1 aromatic rings. The number of esters is 1. The lowest BCUT2D eigenvalue weighted by atomic mass is 10.2. The van der Waals surface area contributed by atoms with E-state index in [0.717, 1.165) is 19.3 Å². The Kier molecular flexibility index (Phi) is 8.41. The highest BCUT2D eigenvalue weighted by Crippen LogP contribution is 2.28. The maximum Gasteiger partial charge on any atom is 0.338 e. The van der Waals surface area contributed by atoms with Crippen LogP contribution >= 0.6 is 0 Å². The number of carbonyl (C=O) groups is 1. The van der Waals surface area contributed by atoms with Crippen LogP contribution in [-0.2, 0) is 4.74 Å². The summed E-state index contributed by atoms with van der Waals surface area (Å²) >= 11 is 0. The second-order valence-corrected chi connectivity index (χ2v) is 5.40. The highest BCUT2D eigenvalue weighted by Gasteiger charge is 2.14. The Morgan fingerprint density at radius 1 is 1.14 bits per heavy atom. The van der Waals surface area contributed by atoms with Crippen LogP contribution in [-0.4, -0.2) is 25.8 Å². The van der Waals surface area contributed by atoms with Gasteiger partial charge < -0.3 is 14.2 Å². The van der Waals surface area contributed by atoms with Crippen LogP contribution in [0.5, 0.6) is 11.5 Å². The second kappa shape index (κ2) is 10.1. The molecule has 1 rings (SSSR count). The molecule has 0 N–H and O–H groups in total. The van der Waals surface area contributed by atoms with Crippen LogP contribution in [0.2, 0.25) is 0 Å². The first kappa shape index (κ1) is 18.3. The maximum atomic E-state index is 12.0. The van der Waals surface area contributed by atoms with Gasteiger partial charge in [-0.2, -0.15) is 0 Å². The standard InChI is InChI=1S/C18H28O4/c1-5-7-8-9-12-21-16-11-10-15(13-17(16)20-4)18(19)22-14(3)6-2/h10-11,13-14H,5-9,12H2,1-4H3. The van der Waals surface area contributed by atoms with Crippen LogP contribution in [0.1, 0.15) is 63.2 Å². The van der Waals surface area contributed by atoms with E-state index in [-0.39, 0.29) is 12.1 Å². The summed E-state index contributed by atoms with van der Waals surface area (Å²) in [6.45, 7) is 6.70. The van der Waals surface area contributed by atoms with E-state index in [0.29, 0.717) is 23.7 Å². The molecular formula is C18H28O4. The smallest absolute Gasteiger partial charge is 0.338 e. The van der Waals surface area contributed by atoms with Gasteiger partial charge >= 0.3 is 5.97 Å². The van der Waals surface area contributed by atoms with Crippen LogP contribution < -0.4 is 9.47 Å². The van der Waals surface area contributed by atoms with E-state index in [1.165, 1.54) is 12.8 Å². The van der Waals surface area contributed by atoms with E-state index < -0.39 is 0 Å². The van der Waals surface area contributed by atoms with Gasteiger partial charge in [0.15, 0.2) is 11.5 Å². The van der Waals surface area contributed by atoms with Crippen molar-refractivity contribution >= 4 is 5.97 Å². The van der Waals surface area contributed by atoms with Crippen LogP contribution in [0.15, 0.2) is 18.2 Å². The number of carbonyl (C=O) groups excluding carboxylic acids is 1. The topological polar surface area (TPSA) is 44.8 Å². The molecule has 0 saturated heterocycles. The molecule has 0 aliphatic carbocycles. The molecule has 0 aliphatic rings. The second-order valence-electron chi connectivity index (χ2n) is 5.40. The van der Waals surface area contributed by atoms with Gasteiger partial charge in [0, 0.05) is 0 Å². The van der Waals surface area contributed by atoms with Crippen molar-refractivity contribution in [3.63, 3.8) is 0 Å². The minimum absolute atomic E-state index is 0.0898. The average Bonchev–Trinajstić information content (AvgIpc) is 2.54. The molecule has 0 fully saturated rings. The zero-order chi connectivity index (χ0) is 16.4. The first-order valence-electron chi connectivity index (χ1n) is 8.14. The lowest BCUT2D eigenvalue weighted by molar-refractivity contribution is 0.0334.